The van der Waals surface area contributed by atoms with Crippen LogP contribution in [0, 0.1) is 6.92 Å². The molecule has 2 aromatic carbocycles. The van der Waals surface area contributed by atoms with Crippen LogP contribution < -0.4 is 25.2 Å². The van der Waals surface area contributed by atoms with Crippen LogP contribution in [-0.2, 0) is 13.2 Å². The van der Waals surface area contributed by atoms with Crippen LogP contribution in [0.2, 0.25) is 0 Å². The van der Waals surface area contributed by atoms with Crippen molar-refractivity contribution in [2.45, 2.75) is 34.0 Å². The Balaban J connectivity index is 1.44. The average Bonchev–Trinajstić information content (AvgIpc) is 3.42. The molecule has 3 heterocycles. The van der Waals surface area contributed by atoms with Gasteiger partial charge >= 0.3 is 6.03 Å². The molecule has 0 fully saturated rings. The SMILES string of the molecule is CCNc1ncc2c(n1)N(CC)C(=O)N(c1cc(OC)cc(C(=O)Nc3ccc(-n4ccnc4C)c(CF)c3)c1)C2. The Bertz CT molecular complexity index is 1600. The van der Waals surface area contributed by atoms with E-state index in [1.54, 1.807) is 69.4 Å². The van der Waals surface area contributed by atoms with Crippen LogP contribution >= 0.6 is 0 Å². The van der Waals surface area contributed by atoms with E-state index in [0.717, 1.165) is 11.4 Å². The van der Waals surface area contributed by atoms with Gasteiger partial charge in [-0.3, -0.25) is 14.6 Å². The number of fused-ring (bicyclic) bond motifs is 1. The molecule has 0 aliphatic carbocycles. The molecule has 11 nitrogen and oxygen atoms in total. The average molecular weight is 559 g/mol. The van der Waals surface area contributed by atoms with Gasteiger partial charge in [-0.15, -0.1) is 0 Å². The number of carbonyl (C=O) groups is 2. The third-order valence-electron chi connectivity index (χ3n) is 6.81. The fourth-order valence-corrected chi connectivity index (χ4v) is 4.78. The van der Waals surface area contributed by atoms with Gasteiger partial charge in [0.05, 0.1) is 25.0 Å². The molecule has 212 valence electrons. The van der Waals surface area contributed by atoms with E-state index in [-0.39, 0.29) is 18.1 Å². The van der Waals surface area contributed by atoms with E-state index in [1.165, 1.54) is 7.11 Å². The highest BCUT2D eigenvalue weighted by Gasteiger charge is 2.33. The van der Waals surface area contributed by atoms with Crippen molar-refractivity contribution < 1.29 is 18.7 Å². The molecule has 1 aliphatic heterocycles. The number of rotatable bonds is 9. The first kappa shape index (κ1) is 27.6. The maximum atomic E-state index is 14.0. The van der Waals surface area contributed by atoms with Gasteiger partial charge in [0.25, 0.3) is 5.91 Å². The van der Waals surface area contributed by atoms with E-state index in [1.807, 2.05) is 20.8 Å². The Kier molecular flexibility index (Phi) is 7.81. The zero-order valence-electron chi connectivity index (χ0n) is 23.3. The number of alkyl halides is 1. The molecule has 0 radical (unpaired) electrons. The zero-order valence-corrected chi connectivity index (χ0v) is 23.3. The molecule has 4 aromatic rings. The van der Waals surface area contributed by atoms with Crippen molar-refractivity contribution in [1.29, 1.82) is 0 Å². The van der Waals surface area contributed by atoms with Crippen molar-refractivity contribution in [3.8, 4) is 11.4 Å². The molecule has 2 aromatic heterocycles. The van der Waals surface area contributed by atoms with Crippen LogP contribution in [-0.4, -0.2) is 51.7 Å². The van der Waals surface area contributed by atoms with Gasteiger partial charge in [0.15, 0.2) is 0 Å². The fourth-order valence-electron chi connectivity index (χ4n) is 4.78. The number of aryl methyl sites for hydroxylation is 1. The summed E-state index contributed by atoms with van der Waals surface area (Å²) in [7, 11) is 1.49. The van der Waals surface area contributed by atoms with E-state index in [4.69, 9.17) is 4.74 Å². The Morgan fingerprint density at radius 2 is 1.98 bits per heavy atom. The van der Waals surface area contributed by atoms with Gasteiger partial charge in [0.1, 0.15) is 24.1 Å². The number of carbonyl (C=O) groups excluding carboxylic acids is 2. The van der Waals surface area contributed by atoms with Crippen molar-refractivity contribution in [1.82, 2.24) is 19.5 Å². The van der Waals surface area contributed by atoms with Gasteiger partial charge in [-0.2, -0.15) is 4.98 Å². The second-order valence-corrected chi connectivity index (χ2v) is 9.38. The summed E-state index contributed by atoms with van der Waals surface area (Å²) in [6.07, 6.45) is 5.10. The number of hydrogen-bond donors (Lipinski definition) is 2. The molecule has 0 saturated heterocycles. The Morgan fingerprint density at radius 1 is 1.15 bits per heavy atom. The quantitative estimate of drug-likeness (QED) is 0.294. The molecule has 0 spiro atoms. The first-order valence-corrected chi connectivity index (χ1v) is 13.2. The van der Waals surface area contributed by atoms with E-state index >= 15 is 0 Å². The largest absolute Gasteiger partial charge is 0.497 e. The van der Waals surface area contributed by atoms with Crippen molar-refractivity contribution in [3.05, 3.63) is 77.5 Å². The molecule has 0 unspecified atom stereocenters. The number of imidazole rings is 1. The van der Waals surface area contributed by atoms with Gasteiger partial charge in [0.2, 0.25) is 5.95 Å². The number of halogens is 1. The number of urea groups is 1. The van der Waals surface area contributed by atoms with Gasteiger partial charge in [-0.25, -0.2) is 19.2 Å². The van der Waals surface area contributed by atoms with Gasteiger partial charge in [0, 0.05) is 60.1 Å². The molecule has 0 saturated carbocycles. The first-order chi connectivity index (χ1) is 19.9. The summed E-state index contributed by atoms with van der Waals surface area (Å²) in [4.78, 5) is 43.2. The molecule has 2 N–H and O–H groups in total. The number of hydrogen-bond acceptors (Lipinski definition) is 7. The van der Waals surface area contributed by atoms with Crippen molar-refractivity contribution in [3.63, 3.8) is 0 Å². The summed E-state index contributed by atoms with van der Waals surface area (Å²) in [6, 6.07) is 9.68. The lowest BCUT2D eigenvalue weighted by Gasteiger charge is -2.35. The smallest absolute Gasteiger partial charge is 0.330 e. The predicted molar refractivity (Wildman–Crippen MR) is 155 cm³/mol. The summed E-state index contributed by atoms with van der Waals surface area (Å²) < 4.78 is 21.2. The van der Waals surface area contributed by atoms with Crippen molar-refractivity contribution >= 4 is 35.1 Å². The van der Waals surface area contributed by atoms with Gasteiger partial charge in [-0.1, -0.05) is 0 Å². The van der Waals surface area contributed by atoms with Gasteiger partial charge in [-0.05, 0) is 51.1 Å². The van der Waals surface area contributed by atoms with Crippen LogP contribution in [0.4, 0.5) is 32.3 Å². The molecule has 1 aliphatic rings. The third-order valence-corrected chi connectivity index (χ3v) is 6.81. The molecule has 5 rings (SSSR count). The van der Waals surface area contributed by atoms with Crippen LogP contribution in [0.25, 0.3) is 5.69 Å². The summed E-state index contributed by atoms with van der Waals surface area (Å²) >= 11 is 0. The van der Waals surface area contributed by atoms with Crippen molar-refractivity contribution in [2.24, 2.45) is 0 Å². The minimum absolute atomic E-state index is 0.223. The molecular formula is C29H31FN8O3. The standard InChI is InChI=1S/C29H31FN8O3/c1-5-31-28-33-16-21-17-38(29(40)36(6-2)26(21)35-28)23-12-19(13-24(14-23)41-4)27(39)34-22-7-8-25(20(11-22)15-30)37-10-9-32-18(37)3/h7-14,16H,5-6,15,17H2,1-4H3,(H,34,39)(H,31,33,35). The van der Waals surface area contributed by atoms with E-state index in [0.29, 0.717) is 53.2 Å². The molecular weight excluding hydrogens is 527 g/mol. The second-order valence-electron chi connectivity index (χ2n) is 9.38. The number of benzene rings is 2. The topological polar surface area (TPSA) is 118 Å². The lowest BCUT2D eigenvalue weighted by atomic mass is 10.1. The third kappa shape index (κ3) is 5.40. The monoisotopic (exact) mass is 558 g/mol. The molecule has 0 bridgehead atoms. The van der Waals surface area contributed by atoms with Gasteiger partial charge < -0.3 is 19.9 Å². The minimum atomic E-state index is -0.716. The lowest BCUT2D eigenvalue weighted by molar-refractivity contribution is 0.102. The number of amides is 3. The van der Waals surface area contributed by atoms with Crippen molar-refractivity contribution in [2.75, 3.05) is 40.6 Å². The summed E-state index contributed by atoms with van der Waals surface area (Å²) in [5, 5.41) is 5.91. The minimum Gasteiger partial charge on any atom is -0.497 e. The lowest BCUT2D eigenvalue weighted by Crippen LogP contribution is -2.48. The number of methoxy groups -OCH3 is 1. The highest BCUT2D eigenvalue weighted by molar-refractivity contribution is 6.08. The van der Waals surface area contributed by atoms with E-state index in [9.17, 15) is 14.0 Å². The molecule has 12 heteroatoms. The second kappa shape index (κ2) is 11.6. The van der Waals surface area contributed by atoms with Crippen LogP contribution in [0.1, 0.15) is 41.2 Å². The molecule has 0 atom stereocenters. The first-order valence-electron chi connectivity index (χ1n) is 13.2. The van der Waals surface area contributed by atoms with E-state index in [2.05, 4.69) is 25.6 Å². The number of anilines is 4. The van der Waals surface area contributed by atoms with Crippen LogP contribution in [0.15, 0.2) is 55.0 Å². The highest BCUT2D eigenvalue weighted by atomic mass is 19.1. The Labute approximate surface area is 237 Å². The predicted octanol–water partition coefficient (Wildman–Crippen LogP) is 5.10. The number of aromatic nitrogens is 4. The summed E-state index contributed by atoms with van der Waals surface area (Å²) in [5.41, 5.74) is 3.02. The summed E-state index contributed by atoms with van der Waals surface area (Å²) in [6.45, 7) is 6.21. The van der Waals surface area contributed by atoms with E-state index < -0.39 is 12.6 Å². The maximum Gasteiger partial charge on any atom is 0.330 e. The Hall–Kier alpha value is -5.00. The number of nitrogens with one attached hydrogen (secondary N) is 2. The zero-order chi connectivity index (χ0) is 29.1. The number of ether oxygens (including phenoxy) is 1. The normalized spacial score (nSPS) is 12.8. The summed E-state index contributed by atoms with van der Waals surface area (Å²) in [5.74, 6) is 1.70. The molecule has 3 amide bonds. The number of nitrogens with zero attached hydrogens (tertiary/aromatic N) is 6. The highest BCUT2D eigenvalue weighted by Crippen LogP contribution is 2.33. The Morgan fingerprint density at radius 3 is 2.66 bits per heavy atom. The van der Waals surface area contributed by atoms with Crippen LogP contribution in [0.3, 0.4) is 0 Å². The maximum absolute atomic E-state index is 14.0. The molecule has 41 heavy (non-hydrogen) atoms. The fraction of sp³-hybridized carbons (Fsp3) is 0.276. The van der Waals surface area contributed by atoms with Crippen LogP contribution in [0.5, 0.6) is 5.75 Å².